The number of nitrogens with two attached hydrogens (primary N) is 1. The van der Waals surface area contributed by atoms with Crippen molar-refractivity contribution in [3.05, 3.63) is 52.4 Å². The molecular formula is C12H9BrFN3O2S2. The highest BCUT2D eigenvalue weighted by Crippen LogP contribution is 2.24. The molecule has 0 radical (unpaired) electrons. The highest BCUT2D eigenvalue weighted by Gasteiger charge is 2.22. The Morgan fingerprint density at radius 3 is 2.71 bits per heavy atom. The van der Waals surface area contributed by atoms with E-state index in [1.807, 2.05) is 0 Å². The maximum absolute atomic E-state index is 13.6. The summed E-state index contributed by atoms with van der Waals surface area (Å²) in [4.78, 5) is 3.55. The molecule has 0 unspecified atom stereocenters. The third-order valence-corrected chi connectivity index (χ3v) is 4.48. The summed E-state index contributed by atoms with van der Waals surface area (Å²) in [6.45, 7) is 0. The van der Waals surface area contributed by atoms with E-state index in [2.05, 4.69) is 25.6 Å². The molecule has 1 aromatic carbocycles. The highest BCUT2D eigenvalue weighted by molar-refractivity contribution is 9.10. The molecule has 0 aliphatic carbocycles. The molecule has 3 N–H and O–H groups in total. The molecule has 9 heteroatoms. The lowest BCUT2D eigenvalue weighted by atomic mass is 10.2. The van der Waals surface area contributed by atoms with E-state index in [1.165, 1.54) is 18.3 Å². The Balaban J connectivity index is 2.47. The zero-order valence-corrected chi connectivity index (χ0v) is 13.6. The smallest absolute Gasteiger partial charge is 0.282 e. The van der Waals surface area contributed by atoms with Crippen LogP contribution in [0.2, 0.25) is 0 Å². The lowest BCUT2D eigenvalue weighted by Gasteiger charge is -2.12. The molecule has 110 valence electrons. The van der Waals surface area contributed by atoms with Gasteiger partial charge >= 0.3 is 0 Å². The fourth-order valence-electron chi connectivity index (χ4n) is 1.57. The highest BCUT2D eigenvalue weighted by atomic mass is 79.9. The largest absolute Gasteiger partial charge is 0.389 e. The number of benzene rings is 1. The van der Waals surface area contributed by atoms with Crippen molar-refractivity contribution >= 4 is 48.8 Å². The number of rotatable bonds is 4. The lowest BCUT2D eigenvalue weighted by molar-refractivity contribution is 0.557. The second kappa shape index (κ2) is 6.04. The van der Waals surface area contributed by atoms with Crippen molar-refractivity contribution in [1.29, 1.82) is 0 Å². The Morgan fingerprint density at radius 2 is 2.10 bits per heavy atom. The van der Waals surface area contributed by atoms with Gasteiger partial charge in [0.25, 0.3) is 10.0 Å². The first kappa shape index (κ1) is 15.8. The predicted octanol–water partition coefficient (Wildman–Crippen LogP) is 2.42. The van der Waals surface area contributed by atoms with Gasteiger partial charge in [0.1, 0.15) is 4.99 Å². The van der Waals surface area contributed by atoms with E-state index in [0.29, 0.717) is 10.0 Å². The fraction of sp³-hybridized carbons (Fsp3) is 0. The second-order valence-corrected chi connectivity index (χ2v) is 6.90. The number of aromatic nitrogens is 1. The Kier molecular flexibility index (Phi) is 4.55. The second-order valence-electron chi connectivity index (χ2n) is 3.95. The van der Waals surface area contributed by atoms with Crippen LogP contribution in [0.15, 0.2) is 46.0 Å². The molecule has 0 saturated heterocycles. The fourth-order valence-corrected chi connectivity index (χ4v) is 3.19. The third kappa shape index (κ3) is 3.55. The van der Waals surface area contributed by atoms with Crippen LogP contribution in [0.25, 0.3) is 0 Å². The molecule has 2 rings (SSSR count). The normalized spacial score (nSPS) is 11.1. The van der Waals surface area contributed by atoms with Crippen LogP contribution in [0.5, 0.6) is 0 Å². The van der Waals surface area contributed by atoms with Crippen LogP contribution in [0.3, 0.4) is 0 Å². The number of hydrogen-bond acceptors (Lipinski definition) is 4. The molecule has 2 aromatic rings. The molecule has 1 heterocycles. The van der Waals surface area contributed by atoms with Crippen LogP contribution in [0.1, 0.15) is 5.56 Å². The van der Waals surface area contributed by atoms with Gasteiger partial charge in [-0.15, -0.1) is 0 Å². The molecular weight excluding hydrogens is 381 g/mol. The van der Waals surface area contributed by atoms with Gasteiger partial charge in [-0.2, -0.15) is 8.42 Å². The van der Waals surface area contributed by atoms with Gasteiger partial charge in [0.15, 0.2) is 5.82 Å². The molecule has 5 nitrogen and oxygen atoms in total. The zero-order chi connectivity index (χ0) is 15.6. The standard InChI is InChI=1S/C12H9BrFN3O2S2/c13-7-3-4-10(8(6-7)11(15)20)17-21(18,19)12-9(14)2-1-5-16-12/h1-6,17H,(H2,15,20). The maximum atomic E-state index is 13.6. The number of nitrogens with one attached hydrogen (secondary N) is 1. The van der Waals surface area contributed by atoms with Crippen molar-refractivity contribution in [2.75, 3.05) is 4.72 Å². The van der Waals surface area contributed by atoms with Crippen molar-refractivity contribution in [2.24, 2.45) is 5.73 Å². The minimum atomic E-state index is -4.18. The molecule has 21 heavy (non-hydrogen) atoms. The summed E-state index contributed by atoms with van der Waals surface area (Å²) < 4.78 is 40.8. The first-order valence-corrected chi connectivity index (χ1v) is 8.22. The van der Waals surface area contributed by atoms with E-state index in [9.17, 15) is 12.8 Å². The van der Waals surface area contributed by atoms with Crippen molar-refractivity contribution in [2.45, 2.75) is 5.03 Å². The summed E-state index contributed by atoms with van der Waals surface area (Å²) in [5.74, 6) is -0.945. The van der Waals surface area contributed by atoms with E-state index in [0.717, 1.165) is 6.07 Å². The van der Waals surface area contributed by atoms with E-state index in [1.54, 1.807) is 12.1 Å². The summed E-state index contributed by atoms with van der Waals surface area (Å²) in [5, 5.41) is -0.693. The maximum Gasteiger partial charge on any atom is 0.282 e. The van der Waals surface area contributed by atoms with Crippen LogP contribution in [0.4, 0.5) is 10.1 Å². The van der Waals surface area contributed by atoms with Crippen LogP contribution >= 0.6 is 28.1 Å². The Hall–Kier alpha value is -1.58. The van der Waals surface area contributed by atoms with Gasteiger partial charge < -0.3 is 5.73 Å². The van der Waals surface area contributed by atoms with Crippen molar-refractivity contribution in [3.8, 4) is 0 Å². The van der Waals surface area contributed by atoms with Gasteiger partial charge in [0.05, 0.1) is 5.69 Å². The number of nitrogens with zero attached hydrogens (tertiary/aromatic N) is 1. The quantitative estimate of drug-likeness (QED) is 0.784. The summed E-state index contributed by atoms with van der Waals surface area (Å²) in [5.41, 5.74) is 6.02. The molecule has 0 aliphatic heterocycles. The van der Waals surface area contributed by atoms with Gasteiger partial charge in [0.2, 0.25) is 5.03 Å². The average Bonchev–Trinajstić information content (AvgIpc) is 2.40. The number of pyridine rings is 1. The molecule has 0 spiro atoms. The molecule has 0 bridgehead atoms. The first-order valence-electron chi connectivity index (χ1n) is 5.54. The summed E-state index contributed by atoms with van der Waals surface area (Å²) in [6, 6.07) is 6.95. The van der Waals surface area contributed by atoms with E-state index >= 15 is 0 Å². The Bertz CT molecular complexity index is 812. The van der Waals surface area contributed by atoms with Crippen molar-refractivity contribution in [1.82, 2.24) is 4.98 Å². The minimum Gasteiger partial charge on any atom is -0.389 e. The van der Waals surface area contributed by atoms with E-state index < -0.39 is 20.9 Å². The molecule has 0 amide bonds. The number of sulfonamides is 1. The van der Waals surface area contributed by atoms with Gasteiger partial charge in [-0.3, -0.25) is 4.72 Å². The topological polar surface area (TPSA) is 85.1 Å². The molecule has 0 aliphatic rings. The first-order chi connectivity index (χ1) is 9.81. The lowest BCUT2D eigenvalue weighted by Crippen LogP contribution is -2.19. The van der Waals surface area contributed by atoms with Crippen LogP contribution in [-0.4, -0.2) is 18.4 Å². The van der Waals surface area contributed by atoms with E-state index in [-0.39, 0.29) is 10.7 Å². The van der Waals surface area contributed by atoms with Crippen LogP contribution in [0, 0.1) is 5.82 Å². The van der Waals surface area contributed by atoms with E-state index in [4.69, 9.17) is 18.0 Å². The molecule has 1 aromatic heterocycles. The van der Waals surface area contributed by atoms with Crippen LogP contribution < -0.4 is 10.5 Å². The number of anilines is 1. The number of thiocarbonyl (C=S) groups is 1. The van der Waals surface area contributed by atoms with Gasteiger partial charge in [-0.25, -0.2) is 9.37 Å². The third-order valence-electron chi connectivity index (χ3n) is 2.47. The summed E-state index contributed by atoms with van der Waals surface area (Å²) in [7, 11) is -4.18. The zero-order valence-electron chi connectivity index (χ0n) is 10.4. The Morgan fingerprint density at radius 1 is 1.38 bits per heavy atom. The summed E-state index contributed by atoms with van der Waals surface area (Å²) in [6.07, 6.45) is 1.19. The Labute approximate surface area is 134 Å². The number of halogens is 2. The SMILES string of the molecule is NC(=S)c1cc(Br)ccc1NS(=O)(=O)c1ncccc1F. The average molecular weight is 390 g/mol. The predicted molar refractivity (Wildman–Crippen MR) is 85.0 cm³/mol. The molecule has 0 fully saturated rings. The van der Waals surface area contributed by atoms with Crippen LogP contribution in [-0.2, 0) is 10.0 Å². The van der Waals surface area contributed by atoms with Gasteiger partial charge in [0, 0.05) is 16.2 Å². The monoisotopic (exact) mass is 389 g/mol. The van der Waals surface area contributed by atoms with Crippen molar-refractivity contribution < 1.29 is 12.8 Å². The van der Waals surface area contributed by atoms with Gasteiger partial charge in [-0.05, 0) is 30.3 Å². The van der Waals surface area contributed by atoms with Crippen molar-refractivity contribution in [3.63, 3.8) is 0 Å². The minimum absolute atomic E-state index is 0.00972. The molecule has 0 saturated carbocycles. The number of hydrogen-bond donors (Lipinski definition) is 2. The summed E-state index contributed by atoms with van der Waals surface area (Å²) >= 11 is 8.11. The van der Waals surface area contributed by atoms with Gasteiger partial charge in [-0.1, -0.05) is 28.1 Å². The molecule has 0 atom stereocenters.